The van der Waals surface area contributed by atoms with Crippen LogP contribution in [-0.4, -0.2) is 26.5 Å². The number of para-hydroxylation sites is 2. The van der Waals surface area contributed by atoms with Crippen molar-refractivity contribution in [1.29, 1.82) is 0 Å². The number of aliphatic carboxylic acids is 1. The Hall–Kier alpha value is -3.21. The van der Waals surface area contributed by atoms with Crippen LogP contribution in [0.5, 0.6) is 0 Å². The van der Waals surface area contributed by atoms with E-state index in [1.807, 2.05) is 48.5 Å². The van der Waals surface area contributed by atoms with Gasteiger partial charge in [0.15, 0.2) is 0 Å². The molecule has 0 aliphatic heterocycles. The molecule has 0 radical (unpaired) electrons. The molecular weight excluding hydrogens is 292 g/mol. The van der Waals surface area contributed by atoms with Gasteiger partial charge in [-0.05, 0) is 17.7 Å². The van der Waals surface area contributed by atoms with Gasteiger partial charge >= 0.3 is 5.97 Å². The Morgan fingerprint density at radius 1 is 1.00 bits per heavy atom. The number of imidazole rings is 1. The number of nitrogens with zero attached hydrogens (tertiary/aromatic N) is 2. The monoisotopic (exact) mass is 306 g/mol. The van der Waals surface area contributed by atoms with Gasteiger partial charge in [0.05, 0.1) is 11.0 Å². The van der Waals surface area contributed by atoms with Gasteiger partial charge in [0.2, 0.25) is 0 Å². The Morgan fingerprint density at radius 2 is 1.70 bits per heavy atom. The molecule has 1 aromatic heterocycles. The van der Waals surface area contributed by atoms with Crippen LogP contribution in [0.15, 0.2) is 66.7 Å². The van der Waals surface area contributed by atoms with Crippen molar-refractivity contribution < 1.29 is 14.7 Å². The van der Waals surface area contributed by atoms with Crippen LogP contribution in [0.2, 0.25) is 0 Å². The number of hydrogen-bond donors (Lipinski definition) is 1. The average molecular weight is 306 g/mol. The predicted octanol–water partition coefficient (Wildman–Crippen LogP) is 2.91. The number of benzene rings is 2. The second-order valence-corrected chi connectivity index (χ2v) is 5.02. The summed E-state index contributed by atoms with van der Waals surface area (Å²) in [6, 6.07) is 17.0. The zero-order chi connectivity index (χ0) is 16.2. The minimum Gasteiger partial charge on any atom is -0.478 e. The summed E-state index contributed by atoms with van der Waals surface area (Å²) in [7, 11) is 0. The number of carboxylic acid groups (broad SMARTS) is 1. The van der Waals surface area contributed by atoms with Crippen molar-refractivity contribution in [3.8, 4) is 0 Å². The lowest BCUT2D eigenvalue weighted by Crippen LogP contribution is -2.12. The molecule has 0 aliphatic carbocycles. The summed E-state index contributed by atoms with van der Waals surface area (Å²) in [5.74, 6) is -1.00. The van der Waals surface area contributed by atoms with Gasteiger partial charge in [0, 0.05) is 18.6 Å². The number of aromatic nitrogens is 2. The van der Waals surface area contributed by atoms with Crippen LogP contribution in [0, 0.1) is 0 Å². The SMILES string of the molecule is O=C(O)/C=C/C(=O)n1c(Cc2ccccc2)nc2ccccc21. The summed E-state index contributed by atoms with van der Waals surface area (Å²) in [5, 5.41) is 8.71. The number of carbonyl (C=O) groups is 2. The van der Waals surface area contributed by atoms with Crippen molar-refractivity contribution in [3.63, 3.8) is 0 Å². The third-order valence-corrected chi connectivity index (χ3v) is 3.42. The highest BCUT2D eigenvalue weighted by Crippen LogP contribution is 2.18. The summed E-state index contributed by atoms with van der Waals surface area (Å²) >= 11 is 0. The van der Waals surface area contributed by atoms with Gasteiger partial charge < -0.3 is 5.11 Å². The molecule has 0 bridgehead atoms. The van der Waals surface area contributed by atoms with Crippen molar-refractivity contribution in [2.24, 2.45) is 0 Å². The van der Waals surface area contributed by atoms with Crippen LogP contribution in [0.4, 0.5) is 0 Å². The molecule has 3 aromatic rings. The number of allylic oxidation sites excluding steroid dienone is 1. The van der Waals surface area contributed by atoms with Crippen molar-refractivity contribution in [1.82, 2.24) is 9.55 Å². The van der Waals surface area contributed by atoms with Gasteiger partial charge in [-0.2, -0.15) is 0 Å². The summed E-state index contributed by atoms with van der Waals surface area (Å²) in [6.07, 6.45) is 2.37. The molecule has 0 amide bonds. The van der Waals surface area contributed by atoms with Crippen LogP contribution in [0.1, 0.15) is 16.2 Å². The van der Waals surface area contributed by atoms with E-state index in [4.69, 9.17) is 5.11 Å². The first kappa shape index (κ1) is 14.7. The van der Waals surface area contributed by atoms with Gasteiger partial charge in [-0.25, -0.2) is 9.78 Å². The third-order valence-electron chi connectivity index (χ3n) is 3.42. The quantitative estimate of drug-likeness (QED) is 0.752. The summed E-state index contributed by atoms with van der Waals surface area (Å²) in [6.45, 7) is 0. The molecule has 0 atom stereocenters. The number of carbonyl (C=O) groups excluding carboxylic acids is 1. The normalized spacial score (nSPS) is 11.1. The summed E-state index contributed by atoms with van der Waals surface area (Å²) < 4.78 is 1.46. The maximum absolute atomic E-state index is 12.4. The van der Waals surface area contributed by atoms with E-state index < -0.39 is 11.9 Å². The Labute approximate surface area is 132 Å². The first-order valence-electron chi connectivity index (χ1n) is 7.11. The van der Waals surface area contributed by atoms with E-state index in [-0.39, 0.29) is 0 Å². The topological polar surface area (TPSA) is 72.2 Å². The molecule has 5 heteroatoms. The van der Waals surface area contributed by atoms with E-state index in [2.05, 4.69) is 4.98 Å². The van der Waals surface area contributed by atoms with Crippen molar-refractivity contribution in [2.45, 2.75) is 6.42 Å². The van der Waals surface area contributed by atoms with Gasteiger partial charge in [-0.15, -0.1) is 0 Å². The van der Waals surface area contributed by atoms with Crippen LogP contribution in [-0.2, 0) is 11.2 Å². The molecule has 114 valence electrons. The lowest BCUT2D eigenvalue weighted by atomic mass is 10.1. The first-order valence-corrected chi connectivity index (χ1v) is 7.11. The van der Waals surface area contributed by atoms with Crippen molar-refractivity contribution in [3.05, 3.63) is 78.1 Å². The molecule has 0 saturated heterocycles. The van der Waals surface area contributed by atoms with E-state index >= 15 is 0 Å². The Bertz CT molecular complexity index is 895. The summed E-state index contributed by atoms with van der Waals surface area (Å²) in [4.78, 5) is 27.6. The molecule has 1 heterocycles. The van der Waals surface area contributed by atoms with Gasteiger partial charge in [0.1, 0.15) is 5.82 Å². The minimum absolute atomic E-state index is 0.424. The lowest BCUT2D eigenvalue weighted by Gasteiger charge is -2.05. The smallest absolute Gasteiger partial charge is 0.328 e. The summed E-state index contributed by atoms with van der Waals surface area (Å²) in [5.41, 5.74) is 2.40. The fourth-order valence-electron chi connectivity index (χ4n) is 2.44. The fourth-order valence-corrected chi connectivity index (χ4v) is 2.44. The minimum atomic E-state index is -1.16. The first-order chi connectivity index (χ1) is 11.1. The number of carboxylic acids is 1. The van der Waals surface area contributed by atoms with Gasteiger partial charge in [-0.1, -0.05) is 42.5 Å². The average Bonchev–Trinajstić information content (AvgIpc) is 2.91. The van der Waals surface area contributed by atoms with E-state index in [1.165, 1.54) is 4.57 Å². The number of rotatable bonds is 4. The van der Waals surface area contributed by atoms with Gasteiger partial charge in [0.25, 0.3) is 5.91 Å². The Kier molecular flexibility index (Phi) is 4.01. The number of fused-ring (bicyclic) bond motifs is 1. The Balaban J connectivity index is 2.08. The van der Waals surface area contributed by atoms with Crippen LogP contribution in [0.3, 0.4) is 0 Å². The van der Waals surface area contributed by atoms with E-state index in [9.17, 15) is 9.59 Å². The van der Waals surface area contributed by atoms with E-state index in [1.54, 1.807) is 6.07 Å². The standard InChI is InChI=1S/C18H14N2O3/c21-17(10-11-18(22)23)20-15-9-5-4-8-14(15)19-16(20)12-13-6-2-1-3-7-13/h1-11H,12H2,(H,22,23)/b11-10+. The Morgan fingerprint density at radius 3 is 2.43 bits per heavy atom. The van der Waals surface area contributed by atoms with Crippen LogP contribution in [0.25, 0.3) is 11.0 Å². The maximum Gasteiger partial charge on any atom is 0.328 e. The highest BCUT2D eigenvalue weighted by molar-refractivity contribution is 6.00. The zero-order valence-corrected chi connectivity index (χ0v) is 12.2. The lowest BCUT2D eigenvalue weighted by molar-refractivity contribution is -0.131. The zero-order valence-electron chi connectivity index (χ0n) is 12.2. The van der Waals surface area contributed by atoms with Crippen molar-refractivity contribution in [2.75, 3.05) is 0 Å². The molecule has 0 saturated carbocycles. The molecule has 5 nitrogen and oxygen atoms in total. The molecule has 3 rings (SSSR count). The van der Waals surface area contributed by atoms with Crippen molar-refractivity contribution >= 4 is 22.9 Å². The van der Waals surface area contributed by atoms with E-state index in [0.29, 0.717) is 23.3 Å². The molecule has 0 aliphatic rings. The largest absolute Gasteiger partial charge is 0.478 e. The van der Waals surface area contributed by atoms with Crippen LogP contribution < -0.4 is 0 Å². The molecule has 2 aromatic carbocycles. The molecule has 0 unspecified atom stereocenters. The maximum atomic E-state index is 12.4. The molecule has 0 spiro atoms. The van der Waals surface area contributed by atoms with Crippen LogP contribution >= 0.6 is 0 Å². The molecule has 1 N–H and O–H groups in total. The predicted molar refractivity (Wildman–Crippen MR) is 86.4 cm³/mol. The highest BCUT2D eigenvalue weighted by atomic mass is 16.4. The third kappa shape index (κ3) is 3.18. The number of hydrogen-bond acceptors (Lipinski definition) is 3. The fraction of sp³-hybridized carbons (Fsp3) is 0.0556. The molecule has 23 heavy (non-hydrogen) atoms. The molecule has 0 fully saturated rings. The molecular formula is C18H14N2O3. The van der Waals surface area contributed by atoms with Gasteiger partial charge in [-0.3, -0.25) is 9.36 Å². The second-order valence-electron chi connectivity index (χ2n) is 5.02. The van der Waals surface area contributed by atoms with E-state index in [0.717, 1.165) is 17.7 Å². The highest BCUT2D eigenvalue weighted by Gasteiger charge is 2.15. The second kappa shape index (κ2) is 6.27.